The van der Waals surface area contributed by atoms with Gasteiger partial charge in [-0.1, -0.05) is 6.07 Å². The van der Waals surface area contributed by atoms with Crippen LogP contribution in [0, 0.1) is 17.5 Å². The van der Waals surface area contributed by atoms with Gasteiger partial charge in [-0.05, 0) is 36.2 Å². The number of nitrogens with one attached hydrogen (secondary N) is 1. The molecule has 0 aliphatic heterocycles. The average molecular weight is 434 g/mol. The van der Waals surface area contributed by atoms with E-state index in [1.165, 1.54) is 32.2 Å². The Bertz CT molecular complexity index is 1270. The van der Waals surface area contributed by atoms with Gasteiger partial charge in [0, 0.05) is 19.5 Å². The predicted molar refractivity (Wildman–Crippen MR) is 105 cm³/mol. The zero-order valence-corrected chi connectivity index (χ0v) is 16.5. The molecule has 0 fully saturated rings. The van der Waals surface area contributed by atoms with Gasteiger partial charge in [-0.25, -0.2) is 18.0 Å². The number of halogens is 3. The van der Waals surface area contributed by atoms with Gasteiger partial charge in [0.05, 0.1) is 18.5 Å². The van der Waals surface area contributed by atoms with Crippen LogP contribution in [-0.2, 0) is 17.8 Å². The summed E-state index contributed by atoms with van der Waals surface area (Å²) in [6, 6.07) is 6.39. The average Bonchev–Trinajstić information content (AvgIpc) is 2.71. The molecular weight excluding hydrogens is 417 g/mol. The molecule has 0 spiro atoms. The Hall–Kier alpha value is -3.89. The quantitative estimate of drug-likeness (QED) is 0.641. The molecule has 0 aliphatic carbocycles. The van der Waals surface area contributed by atoms with E-state index < -0.39 is 40.5 Å². The number of aryl methyl sites for hydroxylation is 1. The maximum atomic E-state index is 13.9. The highest BCUT2D eigenvalue weighted by Gasteiger charge is 2.17. The summed E-state index contributed by atoms with van der Waals surface area (Å²) in [4.78, 5) is 36.7. The first-order chi connectivity index (χ1) is 14.7. The van der Waals surface area contributed by atoms with Crippen molar-refractivity contribution < 1.29 is 22.7 Å². The van der Waals surface area contributed by atoms with Crippen molar-refractivity contribution in [2.75, 3.05) is 12.4 Å². The highest BCUT2D eigenvalue weighted by atomic mass is 19.1. The predicted octanol–water partition coefficient (Wildman–Crippen LogP) is 2.02. The van der Waals surface area contributed by atoms with Gasteiger partial charge in [-0.3, -0.25) is 14.2 Å². The lowest BCUT2D eigenvalue weighted by molar-refractivity contribution is -0.114. The number of carbonyl (C=O) groups excluding carboxylic acids is 1. The van der Waals surface area contributed by atoms with Crippen molar-refractivity contribution >= 4 is 11.6 Å². The van der Waals surface area contributed by atoms with E-state index in [1.807, 2.05) is 0 Å². The highest BCUT2D eigenvalue weighted by Crippen LogP contribution is 2.18. The first-order valence-electron chi connectivity index (χ1n) is 9.01. The van der Waals surface area contributed by atoms with Crippen LogP contribution in [0.25, 0.3) is 5.69 Å². The summed E-state index contributed by atoms with van der Waals surface area (Å²) >= 11 is 0. The van der Waals surface area contributed by atoms with E-state index in [0.29, 0.717) is 6.07 Å². The fourth-order valence-electron chi connectivity index (χ4n) is 2.87. The second kappa shape index (κ2) is 8.86. The number of hydrogen-bond acceptors (Lipinski definition) is 5. The van der Waals surface area contributed by atoms with Crippen LogP contribution in [-0.4, -0.2) is 27.4 Å². The van der Waals surface area contributed by atoms with E-state index in [2.05, 4.69) is 10.4 Å². The number of hydrogen-bond donors (Lipinski definition) is 1. The molecular formula is C20H17F3N4O4. The molecule has 162 valence electrons. The lowest BCUT2D eigenvalue weighted by Gasteiger charge is -2.13. The second-order valence-electron chi connectivity index (χ2n) is 6.49. The Morgan fingerprint density at radius 3 is 2.48 bits per heavy atom. The van der Waals surface area contributed by atoms with Crippen LogP contribution >= 0.6 is 0 Å². The van der Waals surface area contributed by atoms with E-state index >= 15 is 0 Å². The van der Waals surface area contributed by atoms with E-state index in [4.69, 9.17) is 4.74 Å². The molecule has 0 saturated heterocycles. The van der Waals surface area contributed by atoms with Gasteiger partial charge in [0.2, 0.25) is 5.91 Å². The normalized spacial score (nSPS) is 10.7. The summed E-state index contributed by atoms with van der Waals surface area (Å²) in [5.74, 6) is -3.26. The number of anilines is 1. The van der Waals surface area contributed by atoms with Gasteiger partial charge >= 0.3 is 11.2 Å². The van der Waals surface area contributed by atoms with Crippen LogP contribution in [0.3, 0.4) is 0 Å². The van der Waals surface area contributed by atoms with E-state index in [1.54, 1.807) is 0 Å². The van der Waals surface area contributed by atoms with Gasteiger partial charge in [0.25, 0.3) is 5.88 Å². The Morgan fingerprint density at radius 1 is 1.10 bits per heavy atom. The third kappa shape index (κ3) is 4.65. The smallest absolute Gasteiger partial charge is 0.352 e. The van der Waals surface area contributed by atoms with Crippen LogP contribution in [0.2, 0.25) is 0 Å². The molecule has 1 amide bonds. The fraction of sp³-hybridized carbons (Fsp3) is 0.200. The molecule has 2 aromatic carbocycles. The third-order valence-electron chi connectivity index (χ3n) is 4.35. The first kappa shape index (κ1) is 21.8. The Morgan fingerprint density at radius 2 is 1.84 bits per heavy atom. The minimum atomic E-state index is -0.895. The van der Waals surface area contributed by atoms with Crippen molar-refractivity contribution in [2.45, 2.75) is 19.9 Å². The maximum absolute atomic E-state index is 13.9. The zero-order valence-electron chi connectivity index (χ0n) is 16.5. The molecule has 3 rings (SSSR count). The topological polar surface area (TPSA) is 95.2 Å². The molecule has 31 heavy (non-hydrogen) atoms. The highest BCUT2D eigenvalue weighted by molar-refractivity contribution is 5.89. The van der Waals surface area contributed by atoms with Crippen LogP contribution in [0.5, 0.6) is 5.88 Å². The minimum Gasteiger partial charge on any atom is -0.476 e. The molecule has 11 heteroatoms. The molecule has 3 aromatic rings. The van der Waals surface area contributed by atoms with Gasteiger partial charge in [0.15, 0.2) is 0 Å². The largest absolute Gasteiger partial charge is 0.476 e. The molecule has 0 aliphatic rings. The number of aromatic nitrogens is 3. The van der Waals surface area contributed by atoms with Crippen LogP contribution in [0.15, 0.2) is 46.0 Å². The number of amides is 1. The summed E-state index contributed by atoms with van der Waals surface area (Å²) in [5, 5.41) is 6.13. The number of rotatable bonds is 6. The molecule has 0 atom stereocenters. The molecule has 0 unspecified atom stereocenters. The summed E-state index contributed by atoms with van der Waals surface area (Å²) in [6.45, 7) is 0.938. The molecule has 8 nitrogen and oxygen atoms in total. The lowest BCUT2D eigenvalue weighted by atomic mass is 10.1. The first-order valence-corrected chi connectivity index (χ1v) is 9.01. The van der Waals surface area contributed by atoms with Gasteiger partial charge in [-0.15, -0.1) is 5.10 Å². The van der Waals surface area contributed by atoms with Gasteiger partial charge in [0.1, 0.15) is 17.5 Å². The van der Waals surface area contributed by atoms with Crippen molar-refractivity contribution in [1.82, 2.24) is 14.3 Å². The van der Waals surface area contributed by atoms with Crippen molar-refractivity contribution in [3.63, 3.8) is 0 Å². The molecule has 0 bridgehead atoms. The number of ether oxygens (including phenoxy) is 1. The van der Waals surface area contributed by atoms with Crippen LogP contribution in [0.1, 0.15) is 12.5 Å². The monoisotopic (exact) mass is 434 g/mol. The molecule has 0 radical (unpaired) electrons. The number of benzene rings is 2. The van der Waals surface area contributed by atoms with Gasteiger partial charge in [-0.2, -0.15) is 4.68 Å². The van der Waals surface area contributed by atoms with Crippen LogP contribution < -0.4 is 21.3 Å². The fourth-order valence-corrected chi connectivity index (χ4v) is 2.87. The second-order valence-corrected chi connectivity index (χ2v) is 6.49. The SMILES string of the molecule is COc1nn(-c2ccc(F)c(NC(C)=O)c2)c(=O)n(CCc2ccc(F)cc2F)c1=O. The van der Waals surface area contributed by atoms with Gasteiger partial charge < -0.3 is 10.1 Å². The summed E-state index contributed by atoms with van der Waals surface area (Å²) in [7, 11) is 1.18. The number of nitrogens with zero attached hydrogens (tertiary/aromatic N) is 3. The third-order valence-corrected chi connectivity index (χ3v) is 4.35. The zero-order chi connectivity index (χ0) is 22.7. The van der Waals surface area contributed by atoms with E-state index in [9.17, 15) is 27.6 Å². The van der Waals surface area contributed by atoms with Crippen molar-refractivity contribution in [1.29, 1.82) is 0 Å². The standard InChI is InChI=1S/C20H17F3N4O4/c1-11(28)24-17-10-14(5-6-15(17)22)27-20(30)26(19(29)18(25-27)31-2)8-7-12-3-4-13(21)9-16(12)23/h3-6,9-10H,7-8H2,1-2H3,(H,24,28). The summed E-state index contributed by atoms with van der Waals surface area (Å²) in [5.41, 5.74) is -1.78. The number of methoxy groups -OCH3 is 1. The summed E-state index contributed by atoms with van der Waals surface area (Å²) < 4.78 is 47.5. The Kier molecular flexibility index (Phi) is 6.23. The van der Waals surface area contributed by atoms with Crippen molar-refractivity contribution in [3.05, 3.63) is 80.3 Å². The van der Waals surface area contributed by atoms with Crippen molar-refractivity contribution in [2.24, 2.45) is 0 Å². The number of carbonyl (C=O) groups is 1. The maximum Gasteiger partial charge on any atom is 0.352 e. The lowest BCUT2D eigenvalue weighted by Crippen LogP contribution is -2.41. The molecule has 1 N–H and O–H groups in total. The molecule has 1 heterocycles. The Balaban J connectivity index is 2.06. The van der Waals surface area contributed by atoms with Crippen molar-refractivity contribution in [3.8, 4) is 11.6 Å². The van der Waals surface area contributed by atoms with E-state index in [-0.39, 0.29) is 29.9 Å². The summed E-state index contributed by atoms with van der Waals surface area (Å²) in [6.07, 6.45) is -0.0883. The minimum absolute atomic E-state index is 0.0511. The Labute approximate surface area is 173 Å². The molecule has 1 aromatic heterocycles. The molecule has 0 saturated carbocycles. The van der Waals surface area contributed by atoms with Crippen LogP contribution in [0.4, 0.5) is 18.9 Å². The van der Waals surface area contributed by atoms with E-state index in [0.717, 1.165) is 21.4 Å².